The van der Waals surface area contributed by atoms with Crippen molar-refractivity contribution in [3.05, 3.63) is 76.2 Å². The van der Waals surface area contributed by atoms with Gasteiger partial charge in [-0.3, -0.25) is 9.59 Å². The number of ether oxygens (including phenoxy) is 1. The van der Waals surface area contributed by atoms with Crippen LogP contribution >= 0.6 is 11.3 Å². The van der Waals surface area contributed by atoms with Crippen molar-refractivity contribution in [3.8, 4) is 5.75 Å². The van der Waals surface area contributed by atoms with E-state index in [0.717, 1.165) is 30.6 Å². The zero-order chi connectivity index (χ0) is 20.2. The molecule has 0 aliphatic heterocycles. The Balaban J connectivity index is 1.57. The maximum Gasteiger partial charge on any atom is 0.258 e. The van der Waals surface area contributed by atoms with E-state index in [2.05, 4.69) is 10.6 Å². The molecule has 2 amide bonds. The minimum absolute atomic E-state index is 0.197. The van der Waals surface area contributed by atoms with Crippen LogP contribution in [0.1, 0.15) is 44.5 Å². The van der Waals surface area contributed by atoms with Gasteiger partial charge in [0.15, 0.2) is 0 Å². The highest BCUT2D eigenvalue weighted by molar-refractivity contribution is 7.17. The molecule has 0 radical (unpaired) electrons. The molecule has 1 aliphatic carbocycles. The molecule has 2 aromatic carbocycles. The largest absolute Gasteiger partial charge is 0.494 e. The van der Waals surface area contributed by atoms with E-state index in [0.29, 0.717) is 28.4 Å². The molecule has 1 aromatic heterocycles. The Labute approximate surface area is 173 Å². The molecule has 0 spiro atoms. The van der Waals surface area contributed by atoms with Crippen LogP contribution in [0, 0.1) is 0 Å². The Bertz CT molecular complexity index is 1030. The monoisotopic (exact) mass is 406 g/mol. The minimum atomic E-state index is -0.208. The normalized spacial score (nSPS) is 12.3. The van der Waals surface area contributed by atoms with E-state index in [1.165, 1.54) is 16.2 Å². The molecule has 0 atom stereocenters. The fourth-order valence-electron chi connectivity index (χ4n) is 3.49. The molecular weight excluding hydrogens is 384 g/mol. The molecule has 0 saturated heterocycles. The first-order valence-corrected chi connectivity index (χ1v) is 10.5. The molecule has 4 rings (SSSR count). The summed E-state index contributed by atoms with van der Waals surface area (Å²) in [5, 5.41) is 6.52. The second-order valence-electron chi connectivity index (χ2n) is 6.79. The highest BCUT2D eigenvalue weighted by Crippen LogP contribution is 2.39. The summed E-state index contributed by atoms with van der Waals surface area (Å²) in [6, 6.07) is 16.3. The van der Waals surface area contributed by atoms with Crippen molar-refractivity contribution in [2.24, 2.45) is 0 Å². The molecule has 2 N–H and O–H groups in total. The van der Waals surface area contributed by atoms with Gasteiger partial charge in [0.25, 0.3) is 11.8 Å². The van der Waals surface area contributed by atoms with Crippen LogP contribution in [0.5, 0.6) is 5.75 Å². The van der Waals surface area contributed by atoms with Crippen molar-refractivity contribution in [3.63, 3.8) is 0 Å². The maximum absolute atomic E-state index is 13.1. The summed E-state index contributed by atoms with van der Waals surface area (Å²) in [5.74, 6) is 0.357. The summed E-state index contributed by atoms with van der Waals surface area (Å²) in [6.07, 6.45) is 2.85. The fourth-order valence-corrected chi connectivity index (χ4v) is 4.77. The van der Waals surface area contributed by atoms with Crippen LogP contribution in [0.15, 0.2) is 54.6 Å². The number of rotatable bonds is 6. The first-order chi connectivity index (χ1) is 14.2. The van der Waals surface area contributed by atoms with E-state index in [1.807, 2.05) is 49.4 Å². The number of aryl methyl sites for hydroxylation is 1. The van der Waals surface area contributed by atoms with Crippen LogP contribution in [0.3, 0.4) is 0 Å². The molecule has 5 nitrogen and oxygen atoms in total. The van der Waals surface area contributed by atoms with Gasteiger partial charge < -0.3 is 15.4 Å². The zero-order valence-electron chi connectivity index (χ0n) is 16.2. The number of carbonyl (C=O) groups excluding carboxylic acids is 2. The fraction of sp³-hybridized carbons (Fsp3) is 0.217. The lowest BCUT2D eigenvalue weighted by Crippen LogP contribution is -2.18. The van der Waals surface area contributed by atoms with Crippen molar-refractivity contribution in [1.82, 2.24) is 0 Å². The lowest BCUT2D eigenvalue weighted by atomic mass is 10.1. The highest BCUT2D eigenvalue weighted by atomic mass is 32.1. The highest BCUT2D eigenvalue weighted by Gasteiger charge is 2.27. The predicted molar refractivity (Wildman–Crippen MR) is 116 cm³/mol. The summed E-state index contributed by atoms with van der Waals surface area (Å²) in [4.78, 5) is 26.9. The average molecular weight is 407 g/mol. The molecule has 3 aromatic rings. The third-order valence-electron chi connectivity index (χ3n) is 4.83. The molecule has 0 fully saturated rings. The second-order valence-corrected chi connectivity index (χ2v) is 7.90. The van der Waals surface area contributed by atoms with Crippen LogP contribution in [0.25, 0.3) is 0 Å². The lowest BCUT2D eigenvalue weighted by Gasteiger charge is -2.10. The molecule has 1 heterocycles. The van der Waals surface area contributed by atoms with Gasteiger partial charge in [0.1, 0.15) is 10.8 Å². The SMILES string of the molecule is CCOc1ccc(NC(=O)c2c(NC(=O)c3ccccc3)sc3c2CCC3)cc1. The first kappa shape index (κ1) is 19.2. The van der Waals surface area contributed by atoms with Gasteiger partial charge in [-0.2, -0.15) is 0 Å². The van der Waals surface area contributed by atoms with E-state index < -0.39 is 0 Å². The number of carbonyl (C=O) groups is 2. The Morgan fingerprint density at radius 1 is 0.966 bits per heavy atom. The third kappa shape index (κ3) is 4.17. The quantitative estimate of drug-likeness (QED) is 0.596. The van der Waals surface area contributed by atoms with E-state index in [1.54, 1.807) is 12.1 Å². The minimum Gasteiger partial charge on any atom is -0.494 e. The smallest absolute Gasteiger partial charge is 0.258 e. The maximum atomic E-state index is 13.1. The third-order valence-corrected chi connectivity index (χ3v) is 6.04. The first-order valence-electron chi connectivity index (χ1n) is 9.71. The van der Waals surface area contributed by atoms with Crippen molar-refractivity contribution in [2.75, 3.05) is 17.2 Å². The molecule has 1 aliphatic rings. The number of hydrogen-bond acceptors (Lipinski definition) is 4. The number of nitrogens with one attached hydrogen (secondary N) is 2. The van der Waals surface area contributed by atoms with E-state index in [4.69, 9.17) is 4.74 Å². The zero-order valence-corrected chi connectivity index (χ0v) is 17.0. The van der Waals surface area contributed by atoms with Crippen LogP contribution < -0.4 is 15.4 Å². The second kappa shape index (κ2) is 8.49. The number of thiophene rings is 1. The number of amides is 2. The summed E-state index contributed by atoms with van der Waals surface area (Å²) in [7, 11) is 0. The summed E-state index contributed by atoms with van der Waals surface area (Å²) < 4.78 is 5.44. The number of benzene rings is 2. The van der Waals surface area contributed by atoms with Crippen LogP contribution in [0.4, 0.5) is 10.7 Å². The Hall–Kier alpha value is -3.12. The topological polar surface area (TPSA) is 67.4 Å². The van der Waals surface area contributed by atoms with Gasteiger partial charge in [-0.25, -0.2) is 0 Å². The number of fused-ring (bicyclic) bond motifs is 1. The van der Waals surface area contributed by atoms with Crippen molar-refractivity contribution in [2.45, 2.75) is 26.2 Å². The molecule has 0 bridgehead atoms. The van der Waals surface area contributed by atoms with Gasteiger partial charge in [0.05, 0.1) is 12.2 Å². The van der Waals surface area contributed by atoms with Crippen LogP contribution in [-0.4, -0.2) is 18.4 Å². The average Bonchev–Trinajstić information content (AvgIpc) is 3.31. The van der Waals surface area contributed by atoms with Crippen molar-refractivity contribution < 1.29 is 14.3 Å². The molecule has 0 saturated carbocycles. The standard InChI is InChI=1S/C23H22N2O3S/c1-2-28-17-13-11-16(12-14-17)24-22(27)20-18-9-6-10-19(18)29-23(20)25-21(26)15-7-4-3-5-8-15/h3-5,7-8,11-14H,2,6,9-10H2,1H3,(H,24,27)(H,25,26). The molecule has 29 heavy (non-hydrogen) atoms. The summed E-state index contributed by atoms with van der Waals surface area (Å²) in [5.41, 5.74) is 2.90. The van der Waals surface area contributed by atoms with Gasteiger partial charge in [-0.15, -0.1) is 11.3 Å². The van der Waals surface area contributed by atoms with Crippen molar-refractivity contribution in [1.29, 1.82) is 0 Å². The molecular formula is C23H22N2O3S. The molecule has 6 heteroatoms. The predicted octanol–water partition coefficient (Wildman–Crippen LogP) is 5.14. The Kier molecular flexibility index (Phi) is 5.62. The van der Waals surface area contributed by atoms with Crippen LogP contribution in [0.2, 0.25) is 0 Å². The number of hydrogen-bond donors (Lipinski definition) is 2. The van der Waals surface area contributed by atoms with Gasteiger partial charge in [-0.1, -0.05) is 18.2 Å². The van der Waals surface area contributed by atoms with Crippen molar-refractivity contribution >= 4 is 33.8 Å². The summed E-state index contributed by atoms with van der Waals surface area (Å²) >= 11 is 1.51. The molecule has 0 unspecified atom stereocenters. The van der Waals surface area contributed by atoms with E-state index >= 15 is 0 Å². The van der Waals surface area contributed by atoms with Gasteiger partial charge in [0.2, 0.25) is 0 Å². The van der Waals surface area contributed by atoms with Gasteiger partial charge >= 0.3 is 0 Å². The lowest BCUT2D eigenvalue weighted by molar-refractivity contribution is 0.102. The Morgan fingerprint density at radius 3 is 2.45 bits per heavy atom. The van der Waals surface area contributed by atoms with Crippen LogP contribution in [-0.2, 0) is 12.8 Å². The van der Waals surface area contributed by atoms with Gasteiger partial charge in [-0.05, 0) is 68.1 Å². The van der Waals surface area contributed by atoms with E-state index in [9.17, 15) is 9.59 Å². The Morgan fingerprint density at radius 2 is 1.72 bits per heavy atom. The van der Waals surface area contributed by atoms with E-state index in [-0.39, 0.29) is 11.8 Å². The number of anilines is 2. The molecule has 148 valence electrons. The van der Waals surface area contributed by atoms with Gasteiger partial charge in [0, 0.05) is 16.1 Å². The summed E-state index contributed by atoms with van der Waals surface area (Å²) in [6.45, 7) is 2.52.